The number of hydrogen-bond acceptors (Lipinski definition) is 11. The summed E-state index contributed by atoms with van der Waals surface area (Å²) in [6.07, 6.45) is 36.7. The normalized spacial score (nSPS) is 24.5. The van der Waals surface area contributed by atoms with E-state index in [-0.39, 0.29) is 32.0 Å². The lowest BCUT2D eigenvalue weighted by Gasteiger charge is -2.50. The number of unbranched alkanes of at least 4 members (excludes halogenated alkanes) is 8. The second kappa shape index (κ2) is 49.2. The molecule has 0 aliphatic carbocycles. The molecule has 0 aromatic heterocycles. The molecule has 2 fully saturated rings. The van der Waals surface area contributed by atoms with E-state index in [0.29, 0.717) is 51.4 Å². The fourth-order valence-corrected chi connectivity index (χ4v) is 10.7. The average molecular weight is 1210 g/mol. The number of allylic oxidation sites excluding steroid dienone is 8. The van der Waals surface area contributed by atoms with Crippen molar-refractivity contribution in [2.75, 3.05) is 19.8 Å². The lowest BCUT2D eigenvalue weighted by atomic mass is 9.95. The van der Waals surface area contributed by atoms with E-state index < -0.39 is 91.4 Å². The molecule has 2 aliphatic rings. The van der Waals surface area contributed by atoms with Gasteiger partial charge in [0.05, 0.1) is 62.0 Å². The topological polar surface area (TPSA) is 102 Å². The van der Waals surface area contributed by atoms with E-state index in [1.807, 2.05) is 91.1 Å². The first-order valence-corrected chi connectivity index (χ1v) is 32.5. The molecule has 488 valence electrons. The van der Waals surface area contributed by atoms with Crippen molar-refractivity contribution in [1.29, 1.82) is 0 Å². The third-order valence-electron chi connectivity index (χ3n) is 15.7. The van der Waals surface area contributed by atoms with Crippen molar-refractivity contribution >= 4 is 0 Å². The summed E-state index contributed by atoms with van der Waals surface area (Å²) < 4.78 is 80.8. The molecule has 0 saturated carbocycles. The van der Waals surface area contributed by atoms with Crippen LogP contribution in [0, 0.1) is 0 Å². The Bertz CT molecular complexity index is 2010. The van der Waals surface area contributed by atoms with Gasteiger partial charge in [-0.15, -0.1) is 105 Å². The number of hydrogen-bond donors (Lipinski definition) is 0. The van der Waals surface area contributed by atoms with Crippen LogP contribution in [-0.2, 0) is 52.1 Å². The summed E-state index contributed by atoms with van der Waals surface area (Å²) in [7, 11) is 0. The molecule has 17 atom stereocenters. The van der Waals surface area contributed by atoms with Crippen molar-refractivity contribution in [3.63, 3.8) is 0 Å². The molecule has 0 bridgehead atoms. The van der Waals surface area contributed by atoms with Crippen LogP contribution in [-0.4, -0.2) is 123 Å². The number of ether oxygens (including phenoxy) is 11. The van der Waals surface area contributed by atoms with Crippen LogP contribution in [0.3, 0.4) is 0 Å². The molecule has 0 aromatic carbocycles. The summed E-state index contributed by atoms with van der Waals surface area (Å²) in [4.78, 5) is 0. The summed E-state index contributed by atoms with van der Waals surface area (Å²) in [5, 5.41) is 0. The van der Waals surface area contributed by atoms with Crippen molar-refractivity contribution in [3.05, 3.63) is 202 Å². The first kappa shape index (κ1) is 78.5. The highest BCUT2D eigenvalue weighted by molar-refractivity contribution is 5.06. The molecular formula is C76H118O11. The third-order valence-corrected chi connectivity index (χ3v) is 15.7. The van der Waals surface area contributed by atoms with Gasteiger partial charge in [-0.1, -0.05) is 97.2 Å². The Kier molecular flexibility index (Phi) is 44.4. The molecule has 2 aliphatic heterocycles. The van der Waals surface area contributed by atoms with Crippen LogP contribution in [0.4, 0.5) is 0 Å². The molecule has 11 nitrogen and oxygen atoms in total. The standard InChI is InChI=1S/C76H118O11/c1-17-33-41-49-60(25-9)77-57-68-70(80-63(28-12)52-44-36-20-4)72(82-65(30-14)54-46-38-22-6)73(83-66(31-15)55-47-39-23-7)75(85-68)87-76(59-79-62(27-11)51-43-35-19-3)74(84-67(32-16)56-48-40-24-8)71(81-64(29-13)53-45-37-21-5)69(86-76)58-78-61(26-10)50-42-34-18-2/h17-32,60-75H,1-16,33-59H2/t60?,61?,62?,63?,64?,65?,66?,67?,68-,69-,70-,71-,72+,73-,74+,75-,76+/m1/s1. The van der Waals surface area contributed by atoms with E-state index in [1.165, 1.54) is 0 Å². The van der Waals surface area contributed by atoms with E-state index in [0.717, 1.165) is 103 Å². The van der Waals surface area contributed by atoms with Crippen LogP contribution in [0.15, 0.2) is 202 Å². The minimum absolute atomic E-state index is 0.0501. The molecule has 0 amide bonds. The van der Waals surface area contributed by atoms with Gasteiger partial charge in [0.15, 0.2) is 6.29 Å². The molecule has 2 saturated heterocycles. The Hall–Kier alpha value is -4.60. The van der Waals surface area contributed by atoms with Crippen LogP contribution in [0.2, 0.25) is 0 Å². The fourth-order valence-electron chi connectivity index (χ4n) is 10.7. The summed E-state index contributed by atoms with van der Waals surface area (Å²) >= 11 is 0. The maximum Gasteiger partial charge on any atom is 0.224 e. The SMILES string of the molecule is C=CCCCC(C=C)OC[C@H]1O[C@@](COC(C=C)CCCC=C)(O[C@H]2O[C@H](COC(C=C)CCCC=C)[C@@H](OC(C=C)CCCC=C)[C@H](OC(C=C)CCCC=C)[C@H]2OC(C=C)CCCC=C)[C@@H](OC(C=C)CCCC=C)[C@@H]1OC(C=C)CCCC=C. The lowest BCUT2D eigenvalue weighted by Crippen LogP contribution is -2.66. The van der Waals surface area contributed by atoms with Gasteiger partial charge in [0.1, 0.15) is 49.3 Å². The highest BCUT2D eigenvalue weighted by Crippen LogP contribution is 2.44. The first-order chi connectivity index (χ1) is 42.5. The number of rotatable bonds is 61. The summed E-state index contributed by atoms with van der Waals surface area (Å²) in [5.74, 6) is -1.84. The molecule has 0 N–H and O–H groups in total. The van der Waals surface area contributed by atoms with E-state index >= 15 is 0 Å². The van der Waals surface area contributed by atoms with Crippen LogP contribution >= 0.6 is 0 Å². The van der Waals surface area contributed by atoms with Gasteiger partial charge in [0.25, 0.3) is 0 Å². The summed E-state index contributed by atoms with van der Waals surface area (Å²) in [6, 6.07) is 0. The monoisotopic (exact) mass is 1210 g/mol. The Morgan fingerprint density at radius 2 is 0.598 bits per heavy atom. The van der Waals surface area contributed by atoms with Crippen molar-refractivity contribution in [3.8, 4) is 0 Å². The zero-order valence-corrected chi connectivity index (χ0v) is 53.9. The highest BCUT2D eigenvalue weighted by Gasteiger charge is 2.63. The van der Waals surface area contributed by atoms with Gasteiger partial charge < -0.3 is 52.1 Å². The Morgan fingerprint density at radius 3 is 0.943 bits per heavy atom. The van der Waals surface area contributed by atoms with E-state index in [9.17, 15) is 0 Å². The largest absolute Gasteiger partial charge is 0.371 e. The van der Waals surface area contributed by atoms with Gasteiger partial charge in [-0.2, -0.15) is 0 Å². The molecule has 11 heteroatoms. The lowest BCUT2D eigenvalue weighted by molar-refractivity contribution is -0.401. The van der Waals surface area contributed by atoms with Crippen molar-refractivity contribution in [1.82, 2.24) is 0 Å². The maximum atomic E-state index is 7.89. The maximum absolute atomic E-state index is 7.89. The molecule has 8 unspecified atom stereocenters. The molecule has 2 heterocycles. The zero-order valence-electron chi connectivity index (χ0n) is 53.9. The van der Waals surface area contributed by atoms with Crippen LogP contribution in [0.5, 0.6) is 0 Å². The van der Waals surface area contributed by atoms with Gasteiger partial charge in [0, 0.05) is 0 Å². The predicted molar refractivity (Wildman–Crippen MR) is 364 cm³/mol. The summed E-state index contributed by atoms with van der Waals surface area (Å²) in [6.45, 7) is 65.9. The Labute approximate surface area is 529 Å². The van der Waals surface area contributed by atoms with Crippen LogP contribution in [0.1, 0.15) is 154 Å². The zero-order chi connectivity index (χ0) is 63.9. The van der Waals surface area contributed by atoms with Gasteiger partial charge in [-0.05, 0) is 154 Å². The average Bonchev–Trinajstić information content (AvgIpc) is 1.83. The van der Waals surface area contributed by atoms with E-state index in [4.69, 9.17) is 52.1 Å². The van der Waals surface area contributed by atoms with Crippen LogP contribution < -0.4 is 0 Å². The van der Waals surface area contributed by atoms with E-state index in [1.54, 1.807) is 6.08 Å². The third kappa shape index (κ3) is 29.7. The molecule has 2 rings (SSSR count). The first-order valence-electron chi connectivity index (χ1n) is 32.5. The van der Waals surface area contributed by atoms with Gasteiger partial charge in [-0.3, -0.25) is 0 Å². The van der Waals surface area contributed by atoms with E-state index in [2.05, 4.69) is 105 Å². The van der Waals surface area contributed by atoms with Gasteiger partial charge in [0.2, 0.25) is 5.79 Å². The van der Waals surface area contributed by atoms with Crippen molar-refractivity contribution < 1.29 is 52.1 Å². The van der Waals surface area contributed by atoms with Gasteiger partial charge >= 0.3 is 0 Å². The highest BCUT2D eigenvalue weighted by atomic mass is 16.8. The van der Waals surface area contributed by atoms with Crippen molar-refractivity contribution in [2.45, 2.75) is 258 Å². The Morgan fingerprint density at radius 1 is 0.310 bits per heavy atom. The van der Waals surface area contributed by atoms with Crippen LogP contribution in [0.25, 0.3) is 0 Å². The second-order valence-electron chi connectivity index (χ2n) is 22.5. The molecule has 0 aromatic rings. The second-order valence-corrected chi connectivity index (χ2v) is 22.5. The summed E-state index contributed by atoms with van der Waals surface area (Å²) in [5.41, 5.74) is 0. The molecule has 0 radical (unpaired) electrons. The molecular weight excluding hydrogens is 1090 g/mol. The fraction of sp³-hybridized carbons (Fsp3) is 0.579. The predicted octanol–water partition coefficient (Wildman–Crippen LogP) is 18.1. The van der Waals surface area contributed by atoms with Crippen molar-refractivity contribution in [2.24, 2.45) is 0 Å². The van der Waals surface area contributed by atoms with Gasteiger partial charge in [-0.25, -0.2) is 0 Å². The Balaban J connectivity index is 3.37. The minimum atomic E-state index is -1.84. The minimum Gasteiger partial charge on any atom is -0.371 e. The molecule has 0 spiro atoms. The molecule has 87 heavy (non-hydrogen) atoms. The smallest absolute Gasteiger partial charge is 0.224 e. The quantitative estimate of drug-likeness (QED) is 0.0430.